The first-order valence-electron chi connectivity index (χ1n) is 9.07. The molecule has 0 atom stereocenters. The van der Waals surface area contributed by atoms with Gasteiger partial charge < -0.3 is 9.72 Å². The molecule has 3 rings (SSSR count). The van der Waals surface area contributed by atoms with Crippen LogP contribution in [-0.4, -0.2) is 41.5 Å². The Morgan fingerprint density at radius 2 is 1.82 bits per heavy atom. The lowest BCUT2D eigenvalue weighted by molar-refractivity contribution is -0.151. The lowest BCUT2D eigenvalue weighted by atomic mass is 10.0. The minimum Gasteiger partial charge on any atom is -0.459 e. The summed E-state index contributed by atoms with van der Waals surface area (Å²) >= 11 is 0. The quantitative estimate of drug-likeness (QED) is 0.640. The van der Waals surface area contributed by atoms with Crippen LogP contribution in [-0.2, 0) is 25.8 Å². The number of rotatable bonds is 6. The van der Waals surface area contributed by atoms with Crippen molar-refractivity contribution in [1.29, 1.82) is 0 Å². The minimum atomic E-state index is -3.52. The molecular weight excluding hydrogens is 376 g/mol. The molecule has 0 unspecified atom stereocenters. The fourth-order valence-corrected chi connectivity index (χ4v) is 4.07. The van der Waals surface area contributed by atoms with E-state index in [1.54, 1.807) is 27.0 Å². The van der Waals surface area contributed by atoms with Gasteiger partial charge in [0.1, 0.15) is 17.0 Å². The Hall–Kier alpha value is -2.67. The summed E-state index contributed by atoms with van der Waals surface area (Å²) in [4.78, 5) is 19.1. The van der Waals surface area contributed by atoms with Crippen LogP contribution in [0.5, 0.6) is 0 Å². The number of ether oxygens (including phenoxy) is 1. The third-order valence-corrected chi connectivity index (χ3v) is 5.69. The summed E-state index contributed by atoms with van der Waals surface area (Å²) in [5.41, 5.74) is 3.13. The molecule has 0 aliphatic rings. The van der Waals surface area contributed by atoms with Gasteiger partial charge in [0, 0.05) is 17.8 Å². The molecule has 148 valence electrons. The van der Waals surface area contributed by atoms with E-state index < -0.39 is 27.2 Å². The van der Waals surface area contributed by atoms with E-state index >= 15 is 0 Å². The molecule has 0 spiro atoms. The fourth-order valence-electron chi connectivity index (χ4n) is 2.96. The first-order chi connectivity index (χ1) is 13.1. The number of aromatic nitrogens is 2. The van der Waals surface area contributed by atoms with Crippen LogP contribution in [0.4, 0.5) is 0 Å². The SMILES string of the molecule is CC(C)(C)OC(=O)CS(=O)(=O)CCc1ccc(-c2ccnc3[nH]ccc23)cc1. The average molecular weight is 401 g/mol. The van der Waals surface area contributed by atoms with Gasteiger partial charge in [-0.2, -0.15) is 0 Å². The van der Waals surface area contributed by atoms with E-state index in [1.165, 1.54) is 0 Å². The van der Waals surface area contributed by atoms with E-state index in [2.05, 4.69) is 9.97 Å². The fraction of sp³-hybridized carbons (Fsp3) is 0.333. The van der Waals surface area contributed by atoms with E-state index in [1.807, 2.05) is 42.6 Å². The molecule has 2 aromatic heterocycles. The van der Waals surface area contributed by atoms with Gasteiger partial charge in [-0.05, 0) is 56.0 Å². The predicted molar refractivity (Wildman–Crippen MR) is 110 cm³/mol. The van der Waals surface area contributed by atoms with Crippen LogP contribution in [0, 0.1) is 0 Å². The highest BCUT2D eigenvalue weighted by Gasteiger charge is 2.22. The average Bonchev–Trinajstić information content (AvgIpc) is 3.07. The zero-order valence-electron chi connectivity index (χ0n) is 16.2. The Morgan fingerprint density at radius 1 is 1.11 bits per heavy atom. The first-order valence-corrected chi connectivity index (χ1v) is 10.9. The van der Waals surface area contributed by atoms with Gasteiger partial charge >= 0.3 is 5.97 Å². The van der Waals surface area contributed by atoms with Crippen molar-refractivity contribution < 1.29 is 17.9 Å². The van der Waals surface area contributed by atoms with Crippen LogP contribution in [0.1, 0.15) is 26.3 Å². The molecule has 6 nitrogen and oxygen atoms in total. The van der Waals surface area contributed by atoms with E-state index in [9.17, 15) is 13.2 Å². The summed E-state index contributed by atoms with van der Waals surface area (Å²) in [6.45, 7) is 5.13. The number of nitrogens with one attached hydrogen (secondary N) is 1. The van der Waals surface area contributed by atoms with Crippen LogP contribution in [0.3, 0.4) is 0 Å². The zero-order chi connectivity index (χ0) is 20.4. The topological polar surface area (TPSA) is 89.1 Å². The highest BCUT2D eigenvalue weighted by molar-refractivity contribution is 7.92. The third kappa shape index (κ3) is 5.19. The largest absolute Gasteiger partial charge is 0.459 e. The van der Waals surface area contributed by atoms with Crippen molar-refractivity contribution in [2.75, 3.05) is 11.5 Å². The number of esters is 1. The highest BCUT2D eigenvalue weighted by Crippen LogP contribution is 2.27. The Bertz CT molecular complexity index is 1080. The second-order valence-electron chi connectivity index (χ2n) is 7.72. The molecule has 3 aromatic rings. The molecule has 0 saturated heterocycles. The Labute approximate surface area is 164 Å². The second kappa shape index (κ2) is 7.75. The molecule has 28 heavy (non-hydrogen) atoms. The second-order valence-corrected chi connectivity index (χ2v) is 9.91. The third-order valence-electron chi connectivity index (χ3n) is 4.18. The van der Waals surface area contributed by atoms with Crippen LogP contribution in [0.2, 0.25) is 0 Å². The first kappa shape index (κ1) is 20.1. The van der Waals surface area contributed by atoms with Crippen molar-refractivity contribution >= 4 is 26.8 Å². The number of H-pyrrole nitrogens is 1. The molecule has 0 bridgehead atoms. The van der Waals surface area contributed by atoms with E-state index in [0.717, 1.165) is 27.7 Å². The minimum absolute atomic E-state index is 0.0943. The highest BCUT2D eigenvalue weighted by atomic mass is 32.2. The number of fused-ring (bicyclic) bond motifs is 1. The summed E-state index contributed by atoms with van der Waals surface area (Å²) in [6.07, 6.45) is 3.96. The molecule has 0 radical (unpaired) electrons. The lowest BCUT2D eigenvalue weighted by Crippen LogP contribution is -2.29. The molecule has 7 heteroatoms. The number of aryl methyl sites for hydroxylation is 1. The van der Waals surface area contributed by atoms with Crippen LogP contribution < -0.4 is 0 Å². The number of benzene rings is 1. The standard InChI is InChI=1S/C21H24N2O4S/c1-21(2,3)27-19(24)14-28(25,26)13-10-15-4-6-16(7-5-15)17-8-11-22-20-18(17)9-12-23-20/h4-9,11-12H,10,13-14H2,1-3H3,(H,22,23). The maximum atomic E-state index is 12.2. The number of carbonyl (C=O) groups excluding carboxylic acids is 1. The lowest BCUT2D eigenvalue weighted by Gasteiger charge is -2.19. The van der Waals surface area contributed by atoms with Crippen LogP contribution in [0.15, 0.2) is 48.8 Å². The number of sulfone groups is 1. The Kier molecular flexibility index (Phi) is 5.56. The number of carbonyl (C=O) groups is 1. The van der Waals surface area contributed by atoms with Gasteiger partial charge in [-0.3, -0.25) is 4.79 Å². The van der Waals surface area contributed by atoms with E-state index in [0.29, 0.717) is 6.42 Å². The van der Waals surface area contributed by atoms with Crippen molar-refractivity contribution in [2.45, 2.75) is 32.8 Å². The Balaban J connectivity index is 1.65. The van der Waals surface area contributed by atoms with Crippen molar-refractivity contribution in [3.8, 4) is 11.1 Å². The van der Waals surface area contributed by atoms with Gasteiger partial charge in [-0.15, -0.1) is 0 Å². The van der Waals surface area contributed by atoms with Crippen LogP contribution in [0.25, 0.3) is 22.2 Å². The molecule has 1 N–H and O–H groups in total. The Morgan fingerprint density at radius 3 is 2.50 bits per heavy atom. The molecule has 0 saturated carbocycles. The molecular formula is C21H24N2O4S. The predicted octanol–water partition coefficient (Wildman–Crippen LogP) is 3.53. The van der Waals surface area contributed by atoms with Gasteiger partial charge in [0.2, 0.25) is 0 Å². The zero-order valence-corrected chi connectivity index (χ0v) is 17.0. The monoisotopic (exact) mass is 400 g/mol. The van der Waals surface area contributed by atoms with E-state index in [-0.39, 0.29) is 5.75 Å². The van der Waals surface area contributed by atoms with Gasteiger partial charge in [-0.1, -0.05) is 24.3 Å². The maximum Gasteiger partial charge on any atom is 0.321 e. The number of nitrogens with zero attached hydrogens (tertiary/aromatic N) is 1. The summed E-state index contributed by atoms with van der Waals surface area (Å²) in [5, 5.41) is 1.04. The summed E-state index contributed by atoms with van der Waals surface area (Å²) in [7, 11) is -3.52. The normalized spacial score (nSPS) is 12.2. The van der Waals surface area contributed by atoms with Gasteiger partial charge in [0.05, 0.1) is 5.75 Å². The summed E-state index contributed by atoms with van der Waals surface area (Å²) < 4.78 is 29.5. The summed E-state index contributed by atoms with van der Waals surface area (Å²) in [5.74, 6) is -1.40. The van der Waals surface area contributed by atoms with Gasteiger partial charge in [-0.25, -0.2) is 13.4 Å². The number of aromatic amines is 1. The number of pyridine rings is 1. The number of hydrogen-bond acceptors (Lipinski definition) is 5. The van der Waals surface area contributed by atoms with Gasteiger partial charge in [0.25, 0.3) is 0 Å². The van der Waals surface area contributed by atoms with Crippen molar-refractivity contribution in [1.82, 2.24) is 9.97 Å². The summed E-state index contributed by atoms with van der Waals surface area (Å²) in [6, 6.07) is 11.7. The van der Waals surface area contributed by atoms with Crippen molar-refractivity contribution in [2.24, 2.45) is 0 Å². The van der Waals surface area contributed by atoms with Gasteiger partial charge in [0.15, 0.2) is 9.84 Å². The number of hydrogen-bond donors (Lipinski definition) is 1. The molecule has 2 heterocycles. The van der Waals surface area contributed by atoms with Crippen molar-refractivity contribution in [3.63, 3.8) is 0 Å². The smallest absolute Gasteiger partial charge is 0.321 e. The molecule has 0 aliphatic carbocycles. The molecule has 0 aliphatic heterocycles. The molecule has 0 amide bonds. The van der Waals surface area contributed by atoms with E-state index in [4.69, 9.17) is 4.74 Å². The molecule has 0 fully saturated rings. The van der Waals surface area contributed by atoms with Crippen molar-refractivity contribution in [3.05, 3.63) is 54.4 Å². The maximum absolute atomic E-state index is 12.2. The van der Waals surface area contributed by atoms with Crippen LogP contribution >= 0.6 is 0 Å². The molecule has 1 aromatic carbocycles.